The van der Waals surface area contributed by atoms with E-state index in [-0.39, 0.29) is 56.0 Å². The van der Waals surface area contributed by atoms with Crippen molar-refractivity contribution in [3.8, 4) is 0 Å². The van der Waals surface area contributed by atoms with Crippen LogP contribution in [-0.4, -0.2) is 0 Å². The van der Waals surface area contributed by atoms with Gasteiger partial charge in [-0.05, 0) is 22.9 Å². The minimum absolute atomic E-state index is 0.112. The first kappa shape index (κ1) is 3.81. The fourth-order valence-electron chi connectivity index (χ4n) is 0.876. The van der Waals surface area contributed by atoms with Gasteiger partial charge in [-0.25, -0.2) is 0 Å². The van der Waals surface area contributed by atoms with Crippen LogP contribution in [0.15, 0.2) is 45.2 Å². The number of hydrogen-bond donors (Lipinski definition) is 0. The quantitative estimate of drug-likeness (QED) is 0.676. The van der Waals surface area contributed by atoms with Gasteiger partial charge in [-0.1, -0.05) is 56.0 Å². The van der Waals surface area contributed by atoms with E-state index in [2.05, 4.69) is 31.9 Å². The van der Waals surface area contributed by atoms with Gasteiger partial charge in [-0.2, -0.15) is 0 Å². The molecule has 2 aromatic rings. The van der Waals surface area contributed by atoms with E-state index in [4.69, 9.17) is 8.22 Å². The van der Waals surface area contributed by atoms with Crippen LogP contribution >= 0.6 is 31.9 Å². The van der Waals surface area contributed by atoms with E-state index in [1.54, 1.807) is 0 Å². The van der Waals surface area contributed by atoms with Crippen LogP contribution in [0.1, 0.15) is 8.22 Å². The van der Waals surface area contributed by atoms with Crippen molar-refractivity contribution in [3.63, 3.8) is 0 Å². The molecule has 0 aliphatic carbocycles. The lowest BCUT2D eigenvalue weighted by Crippen LogP contribution is -1.74. The molecule has 0 saturated carbocycles. The highest BCUT2D eigenvalue weighted by Gasteiger charge is 1.99. The molecule has 0 bridgehead atoms. The molecule has 0 saturated heterocycles. The van der Waals surface area contributed by atoms with Gasteiger partial charge >= 0.3 is 0 Å². The Balaban J connectivity index is 3.22. The summed E-state index contributed by atoms with van der Waals surface area (Å²) < 4.78 is 46.8. The molecule has 0 nitrogen and oxygen atoms in total. The highest BCUT2D eigenvalue weighted by atomic mass is 79.9. The van der Waals surface area contributed by atoms with Gasteiger partial charge in [0.05, 0.1) is 8.22 Å². The van der Waals surface area contributed by atoms with E-state index in [0.717, 1.165) is 0 Å². The standard InChI is InChI=1S/C10H6Br2/c11-9-5-6-10(12)8-4-2-1-3-7(8)9/h1-6H/i1D,2D,3D,4D,5D,6D. The van der Waals surface area contributed by atoms with Gasteiger partial charge in [0.1, 0.15) is 0 Å². The van der Waals surface area contributed by atoms with Crippen molar-refractivity contribution < 1.29 is 8.22 Å². The van der Waals surface area contributed by atoms with Crippen molar-refractivity contribution >= 4 is 42.6 Å². The van der Waals surface area contributed by atoms with Crippen molar-refractivity contribution in [1.29, 1.82) is 0 Å². The zero-order chi connectivity index (χ0) is 13.8. The van der Waals surface area contributed by atoms with Crippen LogP contribution in [0.2, 0.25) is 0 Å². The van der Waals surface area contributed by atoms with E-state index < -0.39 is 0 Å². The number of fused-ring (bicyclic) bond motifs is 1. The fraction of sp³-hybridized carbons (Fsp3) is 0. The molecule has 0 N–H and O–H groups in total. The summed E-state index contributed by atoms with van der Waals surface area (Å²) >= 11 is 6.27. The molecule has 60 valence electrons. The van der Waals surface area contributed by atoms with Crippen molar-refractivity contribution in [2.75, 3.05) is 0 Å². The van der Waals surface area contributed by atoms with Crippen molar-refractivity contribution in [2.45, 2.75) is 0 Å². The molecule has 0 fully saturated rings. The summed E-state index contributed by atoms with van der Waals surface area (Å²) in [7, 11) is 0. The molecule has 0 heterocycles. The molecule has 2 aromatic carbocycles. The highest BCUT2D eigenvalue weighted by Crippen LogP contribution is 2.29. The van der Waals surface area contributed by atoms with Gasteiger partial charge in [0.2, 0.25) is 0 Å². The molecule has 2 heteroatoms. The first-order chi connectivity index (χ1) is 8.29. The van der Waals surface area contributed by atoms with Crippen LogP contribution in [0, 0.1) is 0 Å². The Morgan fingerprint density at radius 2 is 1.25 bits per heavy atom. The van der Waals surface area contributed by atoms with Crippen LogP contribution in [0.5, 0.6) is 0 Å². The smallest absolute Gasteiger partial charge is 0.0616 e. The Hall–Kier alpha value is -0.340. The lowest BCUT2D eigenvalue weighted by molar-refractivity contribution is 1.67. The van der Waals surface area contributed by atoms with E-state index in [1.807, 2.05) is 0 Å². The molecule has 0 aliphatic rings. The van der Waals surface area contributed by atoms with E-state index in [9.17, 15) is 0 Å². The summed E-state index contributed by atoms with van der Waals surface area (Å²) in [5.41, 5.74) is 0. The summed E-state index contributed by atoms with van der Waals surface area (Å²) in [6.45, 7) is 0. The highest BCUT2D eigenvalue weighted by molar-refractivity contribution is 9.11. The Kier molecular flexibility index (Phi) is 1.01. The third kappa shape index (κ3) is 1.29. The predicted octanol–water partition coefficient (Wildman–Crippen LogP) is 4.36. The van der Waals surface area contributed by atoms with Crippen LogP contribution < -0.4 is 0 Å². The van der Waals surface area contributed by atoms with Gasteiger partial charge < -0.3 is 0 Å². The van der Waals surface area contributed by atoms with Crippen LogP contribution in [-0.2, 0) is 0 Å². The number of benzene rings is 2. The average molecular weight is 292 g/mol. The maximum absolute atomic E-state index is 7.84. The van der Waals surface area contributed by atoms with Crippen molar-refractivity contribution in [3.05, 3.63) is 45.2 Å². The number of rotatable bonds is 0. The molecule has 0 aliphatic heterocycles. The normalized spacial score (nSPS) is 17.5. The number of halogens is 2. The summed E-state index contributed by atoms with van der Waals surface area (Å²) in [4.78, 5) is 0. The van der Waals surface area contributed by atoms with Crippen LogP contribution in [0.4, 0.5) is 0 Å². The molecular formula is C10H6Br2. The SMILES string of the molecule is [2H]c1c([2H])c([2H])c2c(Br)c([2H])c([2H])c(Br)c2c1[2H]. The molecule has 0 radical (unpaired) electrons. The molecule has 0 spiro atoms. The van der Waals surface area contributed by atoms with Gasteiger partial charge in [0, 0.05) is 8.95 Å². The Morgan fingerprint density at radius 3 is 1.67 bits per heavy atom. The van der Waals surface area contributed by atoms with E-state index in [1.165, 1.54) is 0 Å². The molecule has 0 aromatic heterocycles. The van der Waals surface area contributed by atoms with E-state index in [0.29, 0.717) is 0 Å². The summed E-state index contributed by atoms with van der Waals surface area (Å²) in [5, 5.41) is 0.433. The van der Waals surface area contributed by atoms with Crippen molar-refractivity contribution in [2.24, 2.45) is 0 Å². The maximum Gasteiger partial charge on any atom is 0.0635 e. The number of hydrogen-bond acceptors (Lipinski definition) is 0. The minimum Gasteiger partial charge on any atom is -0.0616 e. The summed E-state index contributed by atoms with van der Waals surface area (Å²) in [6, 6.07) is -1.35. The fourth-order valence-corrected chi connectivity index (χ4v) is 1.67. The first-order valence-electron chi connectivity index (χ1n) is 6.13. The van der Waals surface area contributed by atoms with Gasteiger partial charge in [0.25, 0.3) is 0 Å². The largest absolute Gasteiger partial charge is 0.0635 e. The molecule has 0 amide bonds. The molecule has 0 atom stereocenters. The zero-order valence-corrected chi connectivity index (χ0v) is 8.93. The monoisotopic (exact) mass is 290 g/mol. The summed E-state index contributed by atoms with van der Waals surface area (Å²) in [6.07, 6.45) is 0. The van der Waals surface area contributed by atoms with Gasteiger partial charge in [0.15, 0.2) is 0 Å². The van der Waals surface area contributed by atoms with Gasteiger partial charge in [-0.15, -0.1) is 0 Å². The maximum atomic E-state index is 7.84. The van der Waals surface area contributed by atoms with Crippen LogP contribution in [0.25, 0.3) is 10.8 Å². The molecule has 0 unspecified atom stereocenters. The third-order valence-electron chi connectivity index (χ3n) is 1.41. The van der Waals surface area contributed by atoms with E-state index >= 15 is 0 Å². The lowest BCUT2D eigenvalue weighted by atomic mass is 10.1. The second-order valence-electron chi connectivity index (χ2n) is 2.13. The lowest BCUT2D eigenvalue weighted by Gasteiger charge is -2.01. The zero-order valence-electron chi connectivity index (χ0n) is 11.8. The Labute approximate surface area is 96.3 Å². The van der Waals surface area contributed by atoms with Gasteiger partial charge in [-0.3, -0.25) is 0 Å². The topological polar surface area (TPSA) is 0 Å². The first-order valence-corrected chi connectivity index (χ1v) is 4.71. The molecule has 2 rings (SSSR count). The summed E-state index contributed by atoms with van der Waals surface area (Å²) in [5.74, 6) is 0. The molecular weight excluding hydrogens is 280 g/mol. The third-order valence-corrected chi connectivity index (χ3v) is 2.60. The average Bonchev–Trinajstić information content (AvgIpc) is 2.35. The Bertz CT molecular complexity index is 569. The van der Waals surface area contributed by atoms with Crippen molar-refractivity contribution in [1.82, 2.24) is 0 Å². The minimum atomic E-state index is -0.350. The second-order valence-corrected chi connectivity index (χ2v) is 3.71. The molecule has 12 heavy (non-hydrogen) atoms. The predicted molar refractivity (Wildman–Crippen MR) is 59.3 cm³/mol. The van der Waals surface area contributed by atoms with Crippen LogP contribution in [0.3, 0.4) is 0 Å². The second kappa shape index (κ2) is 3.19. The Morgan fingerprint density at radius 1 is 0.833 bits per heavy atom.